The summed E-state index contributed by atoms with van der Waals surface area (Å²) < 4.78 is 39.7. The number of rotatable bonds is 7. The van der Waals surface area contributed by atoms with Crippen molar-refractivity contribution in [2.75, 3.05) is 6.54 Å². The van der Waals surface area contributed by atoms with E-state index in [0.717, 1.165) is 0 Å². The molecule has 0 unspecified atom stereocenters. The summed E-state index contributed by atoms with van der Waals surface area (Å²) in [5, 5.41) is 8.84. The van der Waals surface area contributed by atoms with Gasteiger partial charge in [-0.15, -0.1) is 0 Å². The van der Waals surface area contributed by atoms with Crippen LogP contribution in [-0.4, -0.2) is 31.0 Å². The van der Waals surface area contributed by atoms with Crippen molar-refractivity contribution in [2.24, 2.45) is 0 Å². The van der Waals surface area contributed by atoms with Crippen molar-refractivity contribution in [1.29, 1.82) is 0 Å². The Balaban J connectivity index is 1.94. The monoisotopic (exact) mass is 338 g/mol. The average molecular weight is 338 g/mol. The van der Waals surface area contributed by atoms with E-state index in [0.29, 0.717) is 5.69 Å². The molecular weight excluding hydrogens is 323 g/mol. The minimum Gasteiger partial charge on any atom is -0.477 e. The van der Waals surface area contributed by atoms with E-state index in [1.807, 2.05) is 0 Å². The first-order valence-corrected chi connectivity index (χ1v) is 8.42. The van der Waals surface area contributed by atoms with Crippen molar-refractivity contribution >= 4 is 16.0 Å². The Hall–Kier alpha value is -2.32. The molecule has 8 heteroatoms. The van der Waals surface area contributed by atoms with Crippen molar-refractivity contribution in [3.63, 3.8) is 0 Å². The third-order valence-corrected chi connectivity index (χ3v) is 4.37. The molecular formula is C15H15FN2O4S. The van der Waals surface area contributed by atoms with Crippen molar-refractivity contribution in [1.82, 2.24) is 9.71 Å². The molecule has 0 radical (unpaired) electrons. The minimum absolute atomic E-state index is 0.0485. The number of carboxylic acids is 1. The van der Waals surface area contributed by atoms with Crippen LogP contribution in [0.3, 0.4) is 0 Å². The van der Waals surface area contributed by atoms with Gasteiger partial charge in [-0.25, -0.2) is 27.3 Å². The second-order valence-corrected chi connectivity index (χ2v) is 6.62. The Morgan fingerprint density at radius 3 is 2.61 bits per heavy atom. The fourth-order valence-corrected chi connectivity index (χ4v) is 3.10. The molecule has 0 aliphatic heterocycles. The number of nitrogens with zero attached hydrogens (tertiary/aromatic N) is 1. The first kappa shape index (κ1) is 17.0. The molecule has 0 aliphatic rings. The number of carbonyl (C=O) groups is 1. The van der Waals surface area contributed by atoms with E-state index in [-0.39, 0.29) is 24.2 Å². The number of benzene rings is 1. The lowest BCUT2D eigenvalue weighted by molar-refractivity contribution is 0.0690. The van der Waals surface area contributed by atoms with Gasteiger partial charge in [0, 0.05) is 24.2 Å². The number of hydrogen-bond acceptors (Lipinski definition) is 4. The van der Waals surface area contributed by atoms with E-state index in [9.17, 15) is 17.6 Å². The number of aromatic carboxylic acids is 1. The Kier molecular flexibility index (Phi) is 5.41. The van der Waals surface area contributed by atoms with Gasteiger partial charge in [-0.3, -0.25) is 0 Å². The third kappa shape index (κ3) is 5.11. The Bertz CT molecular complexity index is 809. The van der Waals surface area contributed by atoms with Gasteiger partial charge >= 0.3 is 5.97 Å². The van der Waals surface area contributed by atoms with Crippen molar-refractivity contribution in [3.05, 3.63) is 65.2 Å². The summed E-state index contributed by atoms with van der Waals surface area (Å²) in [7, 11) is -3.69. The number of aromatic nitrogens is 1. The van der Waals surface area contributed by atoms with Crippen LogP contribution in [0.25, 0.3) is 0 Å². The number of hydrogen-bond donors (Lipinski definition) is 2. The summed E-state index contributed by atoms with van der Waals surface area (Å²) in [6.45, 7) is 0.0485. The predicted molar refractivity (Wildman–Crippen MR) is 81.9 cm³/mol. The molecule has 23 heavy (non-hydrogen) atoms. The highest BCUT2D eigenvalue weighted by molar-refractivity contribution is 7.88. The second-order valence-electron chi connectivity index (χ2n) is 4.81. The topological polar surface area (TPSA) is 96.4 Å². The molecule has 1 aromatic heterocycles. The summed E-state index contributed by atoms with van der Waals surface area (Å²) in [6.07, 6.45) is 0.234. The quantitative estimate of drug-likeness (QED) is 0.799. The van der Waals surface area contributed by atoms with Crippen LogP contribution in [0.15, 0.2) is 42.5 Å². The van der Waals surface area contributed by atoms with Crippen LogP contribution in [0.2, 0.25) is 0 Å². The van der Waals surface area contributed by atoms with Crippen LogP contribution in [0.5, 0.6) is 0 Å². The normalized spacial score (nSPS) is 11.3. The number of nitrogens with one attached hydrogen (secondary N) is 1. The maximum absolute atomic E-state index is 13.5. The number of halogens is 1. The van der Waals surface area contributed by atoms with Crippen LogP contribution in [0.4, 0.5) is 4.39 Å². The molecule has 0 spiro atoms. The summed E-state index contributed by atoms with van der Waals surface area (Å²) in [4.78, 5) is 14.7. The lowest BCUT2D eigenvalue weighted by atomic mass is 10.2. The van der Waals surface area contributed by atoms with Crippen molar-refractivity contribution in [2.45, 2.75) is 12.2 Å². The van der Waals surface area contributed by atoms with Gasteiger partial charge in [0.1, 0.15) is 11.5 Å². The van der Waals surface area contributed by atoms with Gasteiger partial charge in [0.2, 0.25) is 10.0 Å². The van der Waals surface area contributed by atoms with E-state index in [1.165, 1.54) is 24.3 Å². The molecule has 0 saturated carbocycles. The summed E-state index contributed by atoms with van der Waals surface area (Å²) in [5.74, 6) is -2.18. The molecule has 2 N–H and O–H groups in total. The van der Waals surface area contributed by atoms with Gasteiger partial charge < -0.3 is 5.11 Å². The molecule has 122 valence electrons. The highest BCUT2D eigenvalue weighted by Gasteiger charge is 2.14. The number of pyridine rings is 1. The van der Waals surface area contributed by atoms with E-state index >= 15 is 0 Å². The van der Waals surface area contributed by atoms with E-state index < -0.39 is 27.6 Å². The minimum atomic E-state index is -3.69. The van der Waals surface area contributed by atoms with E-state index in [1.54, 1.807) is 18.2 Å². The third-order valence-electron chi connectivity index (χ3n) is 3.03. The van der Waals surface area contributed by atoms with Crippen LogP contribution in [0.1, 0.15) is 21.7 Å². The van der Waals surface area contributed by atoms with Crippen LogP contribution < -0.4 is 4.72 Å². The smallest absolute Gasteiger partial charge is 0.354 e. The SMILES string of the molecule is O=C(O)c1cccc(CCNS(=O)(=O)Cc2ccccc2F)n1. The van der Waals surface area contributed by atoms with Gasteiger partial charge in [0.25, 0.3) is 0 Å². The van der Waals surface area contributed by atoms with Crippen LogP contribution in [0, 0.1) is 5.82 Å². The highest BCUT2D eigenvalue weighted by atomic mass is 32.2. The van der Waals surface area contributed by atoms with Gasteiger partial charge in [-0.1, -0.05) is 24.3 Å². The Labute approximate surface area is 133 Å². The van der Waals surface area contributed by atoms with Gasteiger partial charge in [0.15, 0.2) is 0 Å². The zero-order chi connectivity index (χ0) is 16.9. The second kappa shape index (κ2) is 7.30. The standard InChI is InChI=1S/C15H15FN2O4S/c16-13-6-2-1-4-11(13)10-23(21,22)17-9-8-12-5-3-7-14(18-12)15(19)20/h1-7,17H,8-10H2,(H,19,20). The molecule has 0 amide bonds. The molecule has 2 rings (SSSR count). The molecule has 0 atom stereocenters. The van der Waals surface area contributed by atoms with Crippen molar-refractivity contribution in [3.8, 4) is 0 Å². The Morgan fingerprint density at radius 2 is 1.91 bits per heavy atom. The van der Waals surface area contributed by atoms with Crippen LogP contribution >= 0.6 is 0 Å². The molecule has 0 aliphatic carbocycles. The van der Waals surface area contributed by atoms with E-state index in [2.05, 4.69) is 9.71 Å². The van der Waals surface area contributed by atoms with Gasteiger partial charge in [-0.05, 0) is 18.2 Å². The highest BCUT2D eigenvalue weighted by Crippen LogP contribution is 2.10. The molecule has 1 heterocycles. The van der Waals surface area contributed by atoms with Crippen LogP contribution in [-0.2, 0) is 22.2 Å². The first-order valence-electron chi connectivity index (χ1n) is 6.77. The fraction of sp³-hybridized carbons (Fsp3) is 0.200. The molecule has 0 bridgehead atoms. The summed E-state index contributed by atoms with van der Waals surface area (Å²) in [5.41, 5.74) is 0.446. The zero-order valence-electron chi connectivity index (χ0n) is 12.1. The first-order chi connectivity index (χ1) is 10.9. The maximum Gasteiger partial charge on any atom is 0.354 e. The Morgan fingerprint density at radius 1 is 1.17 bits per heavy atom. The maximum atomic E-state index is 13.5. The largest absolute Gasteiger partial charge is 0.477 e. The molecule has 0 saturated heterocycles. The number of sulfonamides is 1. The lowest BCUT2D eigenvalue weighted by Gasteiger charge is -2.07. The number of carboxylic acid groups (broad SMARTS) is 1. The fourth-order valence-electron chi connectivity index (χ4n) is 1.94. The average Bonchev–Trinajstić information content (AvgIpc) is 2.49. The predicted octanol–water partition coefficient (Wildman–Crippen LogP) is 1.58. The van der Waals surface area contributed by atoms with Crippen molar-refractivity contribution < 1.29 is 22.7 Å². The summed E-state index contributed by atoms with van der Waals surface area (Å²) >= 11 is 0. The van der Waals surface area contributed by atoms with E-state index in [4.69, 9.17) is 5.11 Å². The molecule has 2 aromatic rings. The molecule has 0 fully saturated rings. The van der Waals surface area contributed by atoms with Gasteiger partial charge in [0.05, 0.1) is 5.75 Å². The zero-order valence-corrected chi connectivity index (χ0v) is 12.9. The molecule has 1 aromatic carbocycles. The molecule has 6 nitrogen and oxygen atoms in total. The van der Waals surface area contributed by atoms with Gasteiger partial charge in [-0.2, -0.15) is 0 Å². The lowest BCUT2D eigenvalue weighted by Crippen LogP contribution is -2.27. The summed E-state index contributed by atoms with van der Waals surface area (Å²) in [6, 6.07) is 10.2.